The molecular formula is C19H24ClN3O. The van der Waals surface area contributed by atoms with E-state index in [1.54, 1.807) is 0 Å². The van der Waals surface area contributed by atoms with Gasteiger partial charge in [0, 0.05) is 24.0 Å². The van der Waals surface area contributed by atoms with Crippen LogP contribution in [0.25, 0.3) is 0 Å². The molecule has 3 N–H and O–H groups in total. The maximum absolute atomic E-state index is 12.1. The molecule has 2 atom stereocenters. The smallest absolute Gasteiger partial charge is 0.228 e. The highest BCUT2D eigenvalue weighted by molar-refractivity contribution is 5.93. The lowest BCUT2D eigenvalue weighted by atomic mass is 10.1. The highest BCUT2D eigenvalue weighted by Gasteiger charge is 2.22. The number of rotatable bonds is 5. The van der Waals surface area contributed by atoms with Crippen LogP contribution in [-0.2, 0) is 4.79 Å². The normalized spacial score (nSPS) is 17.6. The Bertz CT molecular complexity index is 639. The predicted octanol–water partition coefficient (Wildman–Crippen LogP) is 3.83. The van der Waals surface area contributed by atoms with Gasteiger partial charge in [0.1, 0.15) is 0 Å². The summed E-state index contributed by atoms with van der Waals surface area (Å²) in [6.45, 7) is 3.84. The molecule has 3 rings (SSSR count). The van der Waals surface area contributed by atoms with Crippen molar-refractivity contribution in [2.45, 2.75) is 19.4 Å². The maximum Gasteiger partial charge on any atom is 0.228 e. The first-order chi connectivity index (χ1) is 11.2. The number of carbonyl (C=O) groups is 1. The highest BCUT2D eigenvalue weighted by Crippen LogP contribution is 2.21. The van der Waals surface area contributed by atoms with Crippen molar-refractivity contribution >= 4 is 29.7 Å². The van der Waals surface area contributed by atoms with Crippen molar-refractivity contribution in [1.29, 1.82) is 0 Å². The maximum atomic E-state index is 12.1. The summed E-state index contributed by atoms with van der Waals surface area (Å²) >= 11 is 0. The summed E-state index contributed by atoms with van der Waals surface area (Å²) in [6, 6.07) is 18.5. The van der Waals surface area contributed by atoms with Crippen molar-refractivity contribution in [1.82, 2.24) is 5.32 Å². The first-order valence-electron chi connectivity index (χ1n) is 8.15. The fourth-order valence-corrected chi connectivity index (χ4v) is 2.85. The Morgan fingerprint density at radius 2 is 1.75 bits per heavy atom. The van der Waals surface area contributed by atoms with E-state index in [2.05, 4.69) is 35.0 Å². The Balaban J connectivity index is 0.00000208. The third kappa shape index (κ3) is 4.73. The number of hydrogen-bond acceptors (Lipinski definition) is 3. The van der Waals surface area contributed by atoms with Gasteiger partial charge < -0.3 is 16.0 Å². The standard InChI is InChI=1S/C19H23N3O.ClH/c1-14(15-5-3-2-4-6-15)21-17-7-9-18(10-8-17)22-19(23)16-11-12-20-13-16;/h2-10,14,16,20-21H,11-13H2,1H3,(H,22,23);1H. The van der Waals surface area contributed by atoms with Gasteiger partial charge in [0.15, 0.2) is 0 Å². The number of hydrogen-bond donors (Lipinski definition) is 3. The van der Waals surface area contributed by atoms with Crippen LogP contribution >= 0.6 is 12.4 Å². The summed E-state index contributed by atoms with van der Waals surface area (Å²) in [6.07, 6.45) is 0.917. The first kappa shape index (κ1) is 18.3. The molecule has 1 aliphatic heterocycles. The molecule has 1 saturated heterocycles. The Morgan fingerprint density at radius 1 is 1.08 bits per heavy atom. The molecule has 1 aliphatic rings. The van der Waals surface area contributed by atoms with Crippen molar-refractivity contribution in [3.8, 4) is 0 Å². The molecule has 1 amide bonds. The number of carbonyl (C=O) groups excluding carboxylic acids is 1. The molecule has 0 bridgehead atoms. The molecule has 2 unspecified atom stereocenters. The van der Waals surface area contributed by atoms with E-state index in [1.807, 2.05) is 42.5 Å². The topological polar surface area (TPSA) is 53.2 Å². The van der Waals surface area contributed by atoms with E-state index in [0.717, 1.165) is 30.9 Å². The number of nitrogens with one attached hydrogen (secondary N) is 3. The van der Waals surface area contributed by atoms with E-state index in [1.165, 1.54) is 5.56 Å². The highest BCUT2D eigenvalue weighted by atomic mass is 35.5. The van der Waals surface area contributed by atoms with E-state index in [4.69, 9.17) is 0 Å². The second-order valence-electron chi connectivity index (χ2n) is 6.03. The molecule has 2 aromatic carbocycles. The van der Waals surface area contributed by atoms with Gasteiger partial charge in [0.05, 0.1) is 5.92 Å². The molecule has 0 aliphatic carbocycles. The fourth-order valence-electron chi connectivity index (χ4n) is 2.85. The molecule has 4 nitrogen and oxygen atoms in total. The van der Waals surface area contributed by atoms with Crippen molar-refractivity contribution in [2.75, 3.05) is 23.7 Å². The second-order valence-corrected chi connectivity index (χ2v) is 6.03. The minimum absolute atomic E-state index is 0. The van der Waals surface area contributed by atoms with Gasteiger partial charge in [0.25, 0.3) is 0 Å². The lowest BCUT2D eigenvalue weighted by Crippen LogP contribution is -2.24. The van der Waals surface area contributed by atoms with E-state index in [-0.39, 0.29) is 30.3 Å². The van der Waals surface area contributed by atoms with Crippen LogP contribution in [0.4, 0.5) is 11.4 Å². The molecule has 24 heavy (non-hydrogen) atoms. The SMILES string of the molecule is CC(Nc1ccc(NC(=O)C2CCNC2)cc1)c1ccccc1.Cl. The van der Waals surface area contributed by atoms with Crippen molar-refractivity contribution in [3.63, 3.8) is 0 Å². The lowest BCUT2D eigenvalue weighted by Gasteiger charge is -2.16. The van der Waals surface area contributed by atoms with E-state index in [0.29, 0.717) is 0 Å². The van der Waals surface area contributed by atoms with Crippen LogP contribution in [0.5, 0.6) is 0 Å². The Kier molecular flexibility index (Phi) is 6.64. The summed E-state index contributed by atoms with van der Waals surface area (Å²) < 4.78 is 0. The molecule has 2 aromatic rings. The van der Waals surface area contributed by atoms with Gasteiger partial charge in [-0.1, -0.05) is 30.3 Å². The third-order valence-electron chi connectivity index (χ3n) is 4.27. The average molecular weight is 346 g/mol. The van der Waals surface area contributed by atoms with Crippen LogP contribution in [0.1, 0.15) is 24.9 Å². The van der Waals surface area contributed by atoms with Gasteiger partial charge in [-0.15, -0.1) is 12.4 Å². The first-order valence-corrected chi connectivity index (χ1v) is 8.15. The average Bonchev–Trinajstić information content (AvgIpc) is 3.12. The zero-order chi connectivity index (χ0) is 16.1. The molecule has 0 aromatic heterocycles. The lowest BCUT2D eigenvalue weighted by molar-refractivity contribution is -0.119. The quantitative estimate of drug-likeness (QED) is 0.772. The Labute approximate surface area is 149 Å². The third-order valence-corrected chi connectivity index (χ3v) is 4.27. The monoisotopic (exact) mass is 345 g/mol. The van der Waals surface area contributed by atoms with Crippen LogP contribution in [0.2, 0.25) is 0 Å². The molecule has 0 spiro atoms. The van der Waals surface area contributed by atoms with Crippen molar-refractivity contribution < 1.29 is 4.79 Å². The zero-order valence-electron chi connectivity index (χ0n) is 13.8. The molecule has 0 radical (unpaired) electrons. The van der Waals surface area contributed by atoms with E-state index in [9.17, 15) is 4.79 Å². The summed E-state index contributed by atoms with van der Waals surface area (Å²) in [5.41, 5.74) is 3.14. The molecular weight excluding hydrogens is 322 g/mol. The predicted molar refractivity (Wildman–Crippen MR) is 102 cm³/mol. The van der Waals surface area contributed by atoms with Crippen LogP contribution in [-0.4, -0.2) is 19.0 Å². The number of anilines is 2. The zero-order valence-corrected chi connectivity index (χ0v) is 14.6. The minimum atomic E-state index is 0. The number of amides is 1. The molecule has 1 heterocycles. The van der Waals surface area contributed by atoms with Gasteiger partial charge in [0.2, 0.25) is 5.91 Å². The van der Waals surface area contributed by atoms with Gasteiger partial charge in [-0.3, -0.25) is 4.79 Å². The van der Waals surface area contributed by atoms with E-state index >= 15 is 0 Å². The molecule has 128 valence electrons. The van der Waals surface area contributed by atoms with Crippen LogP contribution in [0, 0.1) is 5.92 Å². The summed E-state index contributed by atoms with van der Waals surface area (Å²) in [5, 5.41) is 9.67. The Morgan fingerprint density at radius 3 is 2.38 bits per heavy atom. The summed E-state index contributed by atoms with van der Waals surface area (Å²) in [5.74, 6) is 0.194. The van der Waals surface area contributed by atoms with Crippen molar-refractivity contribution in [3.05, 3.63) is 60.2 Å². The van der Waals surface area contributed by atoms with Gasteiger partial charge >= 0.3 is 0 Å². The van der Waals surface area contributed by atoms with Crippen molar-refractivity contribution in [2.24, 2.45) is 5.92 Å². The summed E-state index contributed by atoms with van der Waals surface area (Å²) in [4.78, 5) is 12.1. The second kappa shape index (κ2) is 8.71. The molecule has 0 saturated carbocycles. The number of halogens is 1. The number of benzene rings is 2. The van der Waals surface area contributed by atoms with Gasteiger partial charge in [-0.2, -0.15) is 0 Å². The molecule has 5 heteroatoms. The fraction of sp³-hybridized carbons (Fsp3) is 0.316. The van der Waals surface area contributed by atoms with Crippen LogP contribution in [0.3, 0.4) is 0 Å². The van der Waals surface area contributed by atoms with Gasteiger partial charge in [-0.25, -0.2) is 0 Å². The Hall–Kier alpha value is -2.04. The van der Waals surface area contributed by atoms with Crippen LogP contribution < -0.4 is 16.0 Å². The minimum Gasteiger partial charge on any atom is -0.379 e. The van der Waals surface area contributed by atoms with Crippen LogP contribution in [0.15, 0.2) is 54.6 Å². The summed E-state index contributed by atoms with van der Waals surface area (Å²) in [7, 11) is 0. The molecule has 1 fully saturated rings. The van der Waals surface area contributed by atoms with E-state index < -0.39 is 0 Å². The largest absolute Gasteiger partial charge is 0.379 e. The van der Waals surface area contributed by atoms with Gasteiger partial charge in [-0.05, 0) is 49.7 Å².